The zero-order valence-corrected chi connectivity index (χ0v) is 9.89. The van der Waals surface area contributed by atoms with Crippen molar-refractivity contribution in [3.63, 3.8) is 0 Å². The third-order valence-corrected chi connectivity index (χ3v) is 2.65. The van der Waals surface area contributed by atoms with Crippen LogP contribution < -0.4 is 5.73 Å². The fourth-order valence-corrected chi connectivity index (χ4v) is 1.87. The number of nitrogens with two attached hydrogens (primary N) is 1. The zero-order chi connectivity index (χ0) is 13.1. The minimum absolute atomic E-state index is 0.228. The van der Waals surface area contributed by atoms with Gasteiger partial charge in [0.1, 0.15) is 18.1 Å². The number of hydrogen-bond donors (Lipinski definition) is 3. The number of aliphatic hydroxyl groups is 2. The Morgan fingerprint density at radius 2 is 2.17 bits per heavy atom. The summed E-state index contributed by atoms with van der Waals surface area (Å²) in [5.74, 6) is 0.349. The first-order valence-corrected chi connectivity index (χ1v) is 5.43. The van der Waals surface area contributed by atoms with Gasteiger partial charge in [-0.05, 0) is 0 Å². The van der Waals surface area contributed by atoms with E-state index in [-0.39, 0.29) is 6.23 Å². The second-order valence-electron chi connectivity index (χ2n) is 3.76. The third kappa shape index (κ3) is 2.13. The Balaban J connectivity index is 0.000000574. The van der Waals surface area contributed by atoms with Crippen molar-refractivity contribution in [3.8, 4) is 0 Å². The number of imidazole rings is 1. The second-order valence-corrected chi connectivity index (χ2v) is 3.76. The van der Waals surface area contributed by atoms with Crippen LogP contribution in [0, 0.1) is 0 Å². The monoisotopic (exact) mass is 253 g/mol. The van der Waals surface area contributed by atoms with Gasteiger partial charge in [-0.1, -0.05) is 0 Å². The summed E-state index contributed by atoms with van der Waals surface area (Å²) < 4.78 is 7.20. The summed E-state index contributed by atoms with van der Waals surface area (Å²) in [5.41, 5.74) is 6.87. The molecule has 4 N–H and O–H groups in total. The molecule has 1 aliphatic heterocycles. The smallest absolute Gasteiger partial charge is 0.167 e. The first-order valence-electron chi connectivity index (χ1n) is 5.43. The van der Waals surface area contributed by atoms with E-state index in [1.807, 2.05) is 0 Å². The van der Waals surface area contributed by atoms with E-state index in [1.165, 1.54) is 6.33 Å². The number of nitrogens with zero attached hydrogens (tertiary/aromatic N) is 4. The number of aliphatic hydroxyl groups excluding tert-OH is 2. The summed E-state index contributed by atoms with van der Waals surface area (Å²) in [4.78, 5) is 12.1. The van der Waals surface area contributed by atoms with Crippen molar-refractivity contribution in [1.82, 2.24) is 19.5 Å². The van der Waals surface area contributed by atoms with Crippen LogP contribution >= 0.6 is 0 Å². The zero-order valence-electron chi connectivity index (χ0n) is 9.89. The van der Waals surface area contributed by atoms with E-state index < -0.39 is 6.10 Å². The lowest BCUT2D eigenvalue weighted by molar-refractivity contribution is 0.0502. The Hall–Kier alpha value is -1.77. The number of aromatic nitrogens is 4. The van der Waals surface area contributed by atoms with Crippen LogP contribution in [0.4, 0.5) is 5.82 Å². The standard InChI is InChI=1S/C9H11N5O2.CH4O/c10-8-7-9(12-3-11-8)14(4-13-7)6-1-5(15)2-16-6;1-2/h3-6,15H,1-2H2,(H2,10,11,12);2H,1H3. The van der Waals surface area contributed by atoms with Crippen molar-refractivity contribution in [1.29, 1.82) is 0 Å². The maximum Gasteiger partial charge on any atom is 0.167 e. The molecule has 0 aromatic carbocycles. The average Bonchev–Trinajstić information content (AvgIpc) is 2.98. The van der Waals surface area contributed by atoms with Crippen molar-refractivity contribution >= 4 is 17.0 Å². The molecular weight excluding hydrogens is 238 g/mol. The fourth-order valence-electron chi connectivity index (χ4n) is 1.87. The highest BCUT2D eigenvalue weighted by Gasteiger charge is 2.26. The first-order chi connectivity index (χ1) is 8.75. The molecule has 2 unspecified atom stereocenters. The Kier molecular flexibility index (Phi) is 3.70. The molecule has 3 rings (SSSR count). The number of nitrogen functional groups attached to an aromatic ring is 1. The van der Waals surface area contributed by atoms with Gasteiger partial charge < -0.3 is 20.7 Å². The van der Waals surface area contributed by atoms with Crippen LogP contribution in [0.1, 0.15) is 12.6 Å². The largest absolute Gasteiger partial charge is 0.400 e. The quantitative estimate of drug-likeness (QED) is 0.614. The van der Waals surface area contributed by atoms with Crippen LogP contribution in [0.5, 0.6) is 0 Å². The summed E-state index contributed by atoms with van der Waals surface area (Å²) >= 11 is 0. The molecule has 1 fully saturated rings. The molecule has 2 aromatic heterocycles. The summed E-state index contributed by atoms with van der Waals surface area (Å²) in [6.07, 6.45) is 2.88. The van der Waals surface area contributed by atoms with Gasteiger partial charge in [-0.2, -0.15) is 0 Å². The number of rotatable bonds is 1. The molecule has 98 valence electrons. The lowest BCUT2D eigenvalue weighted by atomic mass is 10.3. The van der Waals surface area contributed by atoms with Crippen LogP contribution in [0.25, 0.3) is 11.2 Å². The van der Waals surface area contributed by atoms with Crippen LogP contribution in [0.2, 0.25) is 0 Å². The molecule has 8 heteroatoms. The highest BCUT2D eigenvalue weighted by molar-refractivity contribution is 5.81. The van der Waals surface area contributed by atoms with Gasteiger partial charge in [0, 0.05) is 13.5 Å². The van der Waals surface area contributed by atoms with Gasteiger partial charge in [-0.15, -0.1) is 0 Å². The number of fused-ring (bicyclic) bond motifs is 1. The topological polar surface area (TPSA) is 119 Å². The lowest BCUT2D eigenvalue weighted by Gasteiger charge is -2.10. The fraction of sp³-hybridized carbons (Fsp3) is 0.500. The summed E-state index contributed by atoms with van der Waals surface area (Å²) in [5, 5.41) is 16.4. The van der Waals surface area contributed by atoms with Gasteiger partial charge in [0.25, 0.3) is 0 Å². The number of ether oxygens (including phenoxy) is 1. The molecule has 0 saturated carbocycles. The van der Waals surface area contributed by atoms with Crippen molar-refractivity contribution in [3.05, 3.63) is 12.7 Å². The second kappa shape index (κ2) is 5.25. The third-order valence-electron chi connectivity index (χ3n) is 2.65. The maximum atomic E-state index is 9.41. The van der Waals surface area contributed by atoms with E-state index >= 15 is 0 Å². The predicted octanol–water partition coefficient (Wildman–Crippen LogP) is -0.703. The highest BCUT2D eigenvalue weighted by Crippen LogP contribution is 2.27. The van der Waals surface area contributed by atoms with Crippen molar-refractivity contribution < 1.29 is 14.9 Å². The highest BCUT2D eigenvalue weighted by atomic mass is 16.5. The SMILES string of the molecule is CO.Nc1ncnc2c1ncn2C1CC(O)CO1. The van der Waals surface area contributed by atoms with E-state index in [2.05, 4.69) is 15.0 Å². The molecule has 2 aromatic rings. The molecule has 1 saturated heterocycles. The van der Waals surface area contributed by atoms with Crippen molar-refractivity contribution in [2.45, 2.75) is 18.8 Å². The minimum Gasteiger partial charge on any atom is -0.400 e. The molecule has 0 amide bonds. The molecule has 8 nitrogen and oxygen atoms in total. The van der Waals surface area contributed by atoms with Gasteiger partial charge in [-0.3, -0.25) is 4.57 Å². The Morgan fingerprint density at radius 1 is 1.39 bits per heavy atom. The molecule has 0 aliphatic carbocycles. The summed E-state index contributed by atoms with van der Waals surface area (Å²) in [7, 11) is 1.00. The molecule has 0 spiro atoms. The van der Waals surface area contributed by atoms with E-state index in [9.17, 15) is 5.11 Å². The van der Waals surface area contributed by atoms with Gasteiger partial charge in [0.05, 0.1) is 19.0 Å². The molecule has 2 atom stereocenters. The van der Waals surface area contributed by atoms with Gasteiger partial charge in [0.2, 0.25) is 0 Å². The molecule has 0 radical (unpaired) electrons. The normalized spacial score (nSPS) is 22.8. The average molecular weight is 253 g/mol. The van der Waals surface area contributed by atoms with E-state index in [4.69, 9.17) is 15.6 Å². The molecule has 18 heavy (non-hydrogen) atoms. The maximum absolute atomic E-state index is 9.41. The summed E-state index contributed by atoms with van der Waals surface area (Å²) in [6, 6.07) is 0. The van der Waals surface area contributed by atoms with E-state index in [0.29, 0.717) is 30.0 Å². The van der Waals surface area contributed by atoms with Crippen LogP contribution in [0.15, 0.2) is 12.7 Å². The van der Waals surface area contributed by atoms with Gasteiger partial charge >= 0.3 is 0 Å². The minimum atomic E-state index is -0.429. The Morgan fingerprint density at radius 3 is 2.83 bits per heavy atom. The van der Waals surface area contributed by atoms with Crippen molar-refractivity contribution in [2.24, 2.45) is 0 Å². The molecular formula is C10H15N5O3. The van der Waals surface area contributed by atoms with Crippen LogP contribution in [-0.2, 0) is 4.74 Å². The molecule has 1 aliphatic rings. The Labute approximate surface area is 103 Å². The van der Waals surface area contributed by atoms with Gasteiger partial charge in [-0.25, -0.2) is 15.0 Å². The first kappa shape index (κ1) is 12.7. The number of hydrogen-bond acceptors (Lipinski definition) is 7. The van der Waals surface area contributed by atoms with Gasteiger partial charge in [0.15, 0.2) is 11.5 Å². The van der Waals surface area contributed by atoms with Crippen LogP contribution in [0.3, 0.4) is 0 Å². The predicted molar refractivity (Wildman–Crippen MR) is 63.5 cm³/mol. The lowest BCUT2D eigenvalue weighted by Crippen LogP contribution is -2.08. The Bertz CT molecular complexity index is 529. The van der Waals surface area contributed by atoms with E-state index in [0.717, 1.165) is 7.11 Å². The van der Waals surface area contributed by atoms with Crippen LogP contribution in [-0.4, -0.2) is 49.6 Å². The number of anilines is 1. The van der Waals surface area contributed by atoms with E-state index in [1.54, 1.807) is 10.9 Å². The summed E-state index contributed by atoms with van der Waals surface area (Å²) in [6.45, 7) is 0.338. The van der Waals surface area contributed by atoms with Crippen molar-refractivity contribution in [2.75, 3.05) is 19.5 Å². The molecule has 3 heterocycles. The molecule has 0 bridgehead atoms.